The van der Waals surface area contributed by atoms with E-state index in [0.29, 0.717) is 0 Å². The largest absolute Gasteiger partial charge is 0.496 e. The SMILES string of the molecule is COCOc1cccc2c1C(c1ccc(OC)c3c(OC)ccc(OC)c13)=CCC2. The molecule has 30 heavy (non-hydrogen) atoms. The standard InChI is InChI=1S/C25H26O5/c1-26-15-30-22-10-6-8-16-7-5-9-17(23(16)22)18-11-12-20(28-3)25-21(29-4)14-13-19(27-2)24(18)25/h6,8-14H,5,7,15H2,1-4H3. The minimum atomic E-state index is 0.199. The second kappa shape index (κ2) is 8.67. The van der Waals surface area contributed by atoms with Crippen molar-refractivity contribution in [3.05, 3.63) is 65.2 Å². The molecule has 0 atom stereocenters. The van der Waals surface area contributed by atoms with Crippen LogP contribution in [-0.4, -0.2) is 35.2 Å². The molecule has 0 spiro atoms. The van der Waals surface area contributed by atoms with E-state index >= 15 is 0 Å². The Balaban J connectivity index is 2.02. The predicted octanol–water partition coefficient (Wildman–Crippen LogP) is 5.23. The number of benzene rings is 3. The summed E-state index contributed by atoms with van der Waals surface area (Å²) in [5.41, 5.74) is 4.52. The maximum Gasteiger partial charge on any atom is 0.188 e. The van der Waals surface area contributed by atoms with E-state index in [2.05, 4.69) is 18.2 Å². The van der Waals surface area contributed by atoms with E-state index < -0.39 is 0 Å². The summed E-state index contributed by atoms with van der Waals surface area (Å²) < 4.78 is 28.1. The molecule has 0 N–H and O–H groups in total. The Labute approximate surface area is 176 Å². The van der Waals surface area contributed by atoms with Crippen molar-refractivity contribution in [2.24, 2.45) is 0 Å². The molecular weight excluding hydrogens is 380 g/mol. The van der Waals surface area contributed by atoms with Gasteiger partial charge in [-0.3, -0.25) is 0 Å². The molecule has 0 aliphatic heterocycles. The number of ether oxygens (including phenoxy) is 5. The lowest BCUT2D eigenvalue weighted by molar-refractivity contribution is 0.0508. The maximum atomic E-state index is 5.92. The molecule has 5 heteroatoms. The molecule has 0 bridgehead atoms. The van der Waals surface area contributed by atoms with Crippen LogP contribution in [0.1, 0.15) is 23.1 Å². The highest BCUT2D eigenvalue weighted by molar-refractivity contribution is 6.07. The van der Waals surface area contributed by atoms with E-state index in [4.69, 9.17) is 23.7 Å². The zero-order valence-corrected chi connectivity index (χ0v) is 17.8. The number of hydrogen-bond acceptors (Lipinski definition) is 5. The second-order valence-corrected chi connectivity index (χ2v) is 7.03. The summed E-state index contributed by atoms with van der Waals surface area (Å²) in [7, 11) is 6.64. The van der Waals surface area contributed by atoms with Crippen molar-refractivity contribution >= 4 is 16.3 Å². The minimum absolute atomic E-state index is 0.199. The first-order valence-corrected chi connectivity index (χ1v) is 9.89. The molecule has 3 aromatic rings. The lowest BCUT2D eigenvalue weighted by Crippen LogP contribution is -2.07. The van der Waals surface area contributed by atoms with E-state index in [0.717, 1.165) is 63.3 Å². The van der Waals surface area contributed by atoms with Gasteiger partial charge in [0.05, 0.1) is 26.7 Å². The fourth-order valence-corrected chi connectivity index (χ4v) is 4.19. The third kappa shape index (κ3) is 3.35. The topological polar surface area (TPSA) is 46.2 Å². The number of allylic oxidation sites excluding steroid dienone is 1. The van der Waals surface area contributed by atoms with Crippen LogP contribution in [-0.2, 0) is 11.2 Å². The van der Waals surface area contributed by atoms with Gasteiger partial charge in [-0.1, -0.05) is 18.2 Å². The Morgan fingerprint density at radius 1 is 0.733 bits per heavy atom. The summed E-state index contributed by atoms with van der Waals surface area (Å²) in [5.74, 6) is 3.06. The van der Waals surface area contributed by atoms with Crippen LogP contribution in [0, 0.1) is 0 Å². The average Bonchev–Trinajstić information content (AvgIpc) is 2.80. The molecule has 1 aliphatic rings. The molecule has 5 nitrogen and oxygen atoms in total. The van der Waals surface area contributed by atoms with Gasteiger partial charge in [0.1, 0.15) is 23.0 Å². The zero-order valence-electron chi connectivity index (χ0n) is 17.8. The Morgan fingerprint density at radius 3 is 2.07 bits per heavy atom. The third-order valence-electron chi connectivity index (χ3n) is 5.47. The summed E-state index contributed by atoms with van der Waals surface area (Å²) in [6.07, 6.45) is 4.19. The third-order valence-corrected chi connectivity index (χ3v) is 5.47. The van der Waals surface area contributed by atoms with Crippen molar-refractivity contribution in [1.29, 1.82) is 0 Å². The molecule has 1 aliphatic carbocycles. The monoisotopic (exact) mass is 406 g/mol. The van der Waals surface area contributed by atoms with E-state index in [1.165, 1.54) is 5.56 Å². The van der Waals surface area contributed by atoms with Gasteiger partial charge in [-0.25, -0.2) is 0 Å². The molecule has 0 saturated heterocycles. The molecule has 0 aromatic heterocycles. The van der Waals surface area contributed by atoms with E-state index in [-0.39, 0.29) is 6.79 Å². The fourth-order valence-electron chi connectivity index (χ4n) is 4.19. The summed E-state index contributed by atoms with van der Waals surface area (Å²) in [6.45, 7) is 0.199. The van der Waals surface area contributed by atoms with Crippen molar-refractivity contribution in [1.82, 2.24) is 0 Å². The van der Waals surface area contributed by atoms with Crippen molar-refractivity contribution in [3.8, 4) is 23.0 Å². The molecule has 0 amide bonds. The second-order valence-electron chi connectivity index (χ2n) is 7.03. The van der Waals surface area contributed by atoms with Crippen LogP contribution < -0.4 is 18.9 Å². The summed E-state index contributed by atoms with van der Waals surface area (Å²) in [6, 6.07) is 14.1. The molecule has 0 saturated carbocycles. The van der Waals surface area contributed by atoms with Gasteiger partial charge in [-0.15, -0.1) is 0 Å². The number of methoxy groups -OCH3 is 4. The highest BCUT2D eigenvalue weighted by Crippen LogP contribution is 2.47. The van der Waals surface area contributed by atoms with Crippen LogP contribution in [0.3, 0.4) is 0 Å². The van der Waals surface area contributed by atoms with Crippen LogP contribution in [0.4, 0.5) is 0 Å². The van der Waals surface area contributed by atoms with Crippen LogP contribution in [0.25, 0.3) is 16.3 Å². The van der Waals surface area contributed by atoms with Crippen molar-refractivity contribution in [3.63, 3.8) is 0 Å². The van der Waals surface area contributed by atoms with Gasteiger partial charge in [-0.2, -0.15) is 0 Å². The van der Waals surface area contributed by atoms with E-state index in [1.54, 1.807) is 28.4 Å². The lowest BCUT2D eigenvalue weighted by Gasteiger charge is -2.24. The Morgan fingerprint density at radius 2 is 1.40 bits per heavy atom. The molecule has 4 rings (SSSR count). The van der Waals surface area contributed by atoms with Gasteiger partial charge in [0.2, 0.25) is 0 Å². The van der Waals surface area contributed by atoms with Crippen molar-refractivity contribution in [2.75, 3.05) is 35.2 Å². The Kier molecular flexibility index (Phi) is 5.81. The number of rotatable bonds is 7. The van der Waals surface area contributed by atoms with Crippen LogP contribution in [0.15, 0.2) is 48.5 Å². The molecule has 0 fully saturated rings. The van der Waals surface area contributed by atoms with Gasteiger partial charge < -0.3 is 23.7 Å². The highest BCUT2D eigenvalue weighted by Gasteiger charge is 2.24. The fraction of sp³-hybridized carbons (Fsp3) is 0.280. The Bertz CT molecular complexity index is 1090. The zero-order chi connectivity index (χ0) is 21.1. The Hall–Kier alpha value is -3.18. The molecular formula is C25H26O5. The molecule has 156 valence electrons. The first-order valence-electron chi connectivity index (χ1n) is 9.89. The van der Waals surface area contributed by atoms with Crippen molar-refractivity contribution in [2.45, 2.75) is 12.8 Å². The van der Waals surface area contributed by atoms with Crippen molar-refractivity contribution < 1.29 is 23.7 Å². The highest BCUT2D eigenvalue weighted by atomic mass is 16.7. The van der Waals surface area contributed by atoms with Gasteiger partial charge in [-0.05, 0) is 59.9 Å². The quantitative estimate of drug-likeness (QED) is 0.503. The van der Waals surface area contributed by atoms with Gasteiger partial charge in [0.25, 0.3) is 0 Å². The average molecular weight is 406 g/mol. The first kappa shape index (κ1) is 20.1. The summed E-state index contributed by atoms with van der Waals surface area (Å²) in [5, 5.41) is 1.84. The first-order chi connectivity index (χ1) is 14.7. The van der Waals surface area contributed by atoms with Gasteiger partial charge in [0.15, 0.2) is 6.79 Å². The summed E-state index contributed by atoms with van der Waals surface area (Å²) in [4.78, 5) is 0. The lowest BCUT2D eigenvalue weighted by atomic mass is 9.84. The van der Waals surface area contributed by atoms with E-state index in [9.17, 15) is 0 Å². The molecule has 3 aromatic carbocycles. The molecule has 0 unspecified atom stereocenters. The smallest absolute Gasteiger partial charge is 0.188 e. The number of hydrogen-bond donors (Lipinski definition) is 0. The van der Waals surface area contributed by atoms with Crippen LogP contribution >= 0.6 is 0 Å². The molecule has 0 heterocycles. The normalized spacial score (nSPS) is 12.9. The maximum absolute atomic E-state index is 5.92. The molecule has 0 radical (unpaired) electrons. The van der Waals surface area contributed by atoms with Crippen LogP contribution in [0.2, 0.25) is 0 Å². The number of aryl methyl sites for hydroxylation is 1. The van der Waals surface area contributed by atoms with Gasteiger partial charge in [0, 0.05) is 18.1 Å². The van der Waals surface area contributed by atoms with Gasteiger partial charge >= 0.3 is 0 Å². The van der Waals surface area contributed by atoms with E-state index in [1.807, 2.05) is 30.3 Å². The summed E-state index contributed by atoms with van der Waals surface area (Å²) >= 11 is 0. The number of fused-ring (bicyclic) bond motifs is 2. The minimum Gasteiger partial charge on any atom is -0.496 e. The predicted molar refractivity (Wildman–Crippen MR) is 118 cm³/mol. The van der Waals surface area contributed by atoms with Crippen LogP contribution in [0.5, 0.6) is 23.0 Å².